The van der Waals surface area contributed by atoms with Gasteiger partial charge in [-0.3, -0.25) is 0 Å². The molecule has 1 heterocycles. The molecule has 0 fully saturated rings. The second kappa shape index (κ2) is 4.75. The maximum atomic E-state index is 5.62. The van der Waals surface area contributed by atoms with Gasteiger partial charge in [-0.05, 0) is 47.0 Å². The molecule has 5 nitrogen and oxygen atoms in total. The lowest BCUT2D eigenvalue weighted by Crippen LogP contribution is -1.98. The Morgan fingerprint density at radius 1 is 1.35 bits per heavy atom. The fraction of sp³-hybridized carbons (Fsp3) is 0.273. The van der Waals surface area contributed by atoms with Crippen molar-refractivity contribution in [2.24, 2.45) is 0 Å². The topological polar surface area (TPSA) is 74.2 Å². The molecule has 2 rings (SSSR count). The highest BCUT2D eigenvalue weighted by Gasteiger charge is 2.09. The first kappa shape index (κ1) is 11.9. The summed E-state index contributed by atoms with van der Waals surface area (Å²) in [7, 11) is 0. The molecule has 6 heteroatoms. The molecular weight excluding hydrogens is 286 g/mol. The molecular formula is C11H12BrN3O2. The van der Waals surface area contributed by atoms with Crippen LogP contribution in [0.3, 0.4) is 0 Å². The second-order valence-electron chi connectivity index (χ2n) is 3.72. The molecule has 0 aliphatic carbocycles. The summed E-state index contributed by atoms with van der Waals surface area (Å²) in [6.45, 7) is 4.21. The molecule has 0 saturated heterocycles. The molecule has 0 aliphatic heterocycles. The predicted octanol–water partition coefficient (Wildman–Crippen LogP) is 2.61. The monoisotopic (exact) mass is 297 g/mol. The Bertz CT molecular complexity index is 516. The Labute approximate surface area is 107 Å². The standard InChI is InChI=1S/C11H12BrN3O2/c1-6-3-7(2)10(8(12)4-6)16-5-9-14-15-11(13)17-9/h3-4H,5H2,1-2H3,(H2,13,15). The number of benzene rings is 1. The summed E-state index contributed by atoms with van der Waals surface area (Å²) in [6.07, 6.45) is 0. The minimum absolute atomic E-state index is 0.0447. The second-order valence-corrected chi connectivity index (χ2v) is 4.57. The molecule has 17 heavy (non-hydrogen) atoms. The minimum atomic E-state index is 0.0447. The molecule has 2 aromatic rings. The fourth-order valence-electron chi connectivity index (χ4n) is 1.54. The Balaban J connectivity index is 2.14. The number of hydrogen-bond acceptors (Lipinski definition) is 5. The van der Waals surface area contributed by atoms with Gasteiger partial charge in [0.2, 0.25) is 0 Å². The van der Waals surface area contributed by atoms with Crippen molar-refractivity contribution in [2.45, 2.75) is 20.5 Å². The molecule has 0 unspecified atom stereocenters. The van der Waals surface area contributed by atoms with Gasteiger partial charge < -0.3 is 14.9 Å². The van der Waals surface area contributed by atoms with Crippen molar-refractivity contribution < 1.29 is 9.15 Å². The molecule has 1 aromatic carbocycles. The molecule has 0 aliphatic rings. The zero-order valence-electron chi connectivity index (χ0n) is 9.53. The van der Waals surface area contributed by atoms with Crippen LogP contribution in [0.25, 0.3) is 0 Å². The largest absolute Gasteiger partial charge is 0.482 e. The molecule has 0 radical (unpaired) electrons. The minimum Gasteiger partial charge on any atom is -0.482 e. The Morgan fingerprint density at radius 2 is 2.12 bits per heavy atom. The molecule has 0 bridgehead atoms. The lowest BCUT2D eigenvalue weighted by Gasteiger charge is -2.10. The van der Waals surface area contributed by atoms with Crippen molar-refractivity contribution in [3.8, 4) is 5.75 Å². The predicted molar refractivity (Wildman–Crippen MR) is 66.7 cm³/mol. The lowest BCUT2D eigenvalue weighted by molar-refractivity contribution is 0.262. The number of nitrogens with two attached hydrogens (primary N) is 1. The first-order valence-electron chi connectivity index (χ1n) is 5.03. The van der Waals surface area contributed by atoms with Gasteiger partial charge in [0.15, 0.2) is 6.61 Å². The van der Waals surface area contributed by atoms with Crippen molar-refractivity contribution in [3.63, 3.8) is 0 Å². The van der Waals surface area contributed by atoms with Crippen LogP contribution in [0.5, 0.6) is 5.75 Å². The number of aryl methyl sites for hydroxylation is 2. The van der Waals surface area contributed by atoms with E-state index < -0.39 is 0 Å². The highest BCUT2D eigenvalue weighted by Crippen LogP contribution is 2.30. The number of aromatic nitrogens is 2. The van der Waals surface area contributed by atoms with Crippen LogP contribution in [0, 0.1) is 13.8 Å². The van der Waals surface area contributed by atoms with Crippen molar-refractivity contribution in [1.29, 1.82) is 0 Å². The molecule has 0 amide bonds. The maximum Gasteiger partial charge on any atom is 0.312 e. The van der Waals surface area contributed by atoms with E-state index in [-0.39, 0.29) is 12.6 Å². The average Bonchev–Trinajstić information content (AvgIpc) is 2.62. The van der Waals surface area contributed by atoms with Crippen LogP contribution in [0.2, 0.25) is 0 Å². The normalized spacial score (nSPS) is 10.5. The highest BCUT2D eigenvalue weighted by atomic mass is 79.9. The Kier molecular flexibility index (Phi) is 3.33. The number of halogens is 1. The van der Waals surface area contributed by atoms with Crippen molar-refractivity contribution in [2.75, 3.05) is 5.73 Å². The third kappa shape index (κ3) is 2.76. The summed E-state index contributed by atoms with van der Waals surface area (Å²) in [5, 5.41) is 7.28. The summed E-state index contributed by atoms with van der Waals surface area (Å²) in [6, 6.07) is 4.08. The number of anilines is 1. The molecule has 1 aromatic heterocycles. The van der Waals surface area contributed by atoms with Gasteiger partial charge >= 0.3 is 6.01 Å². The molecule has 90 valence electrons. The van der Waals surface area contributed by atoms with Gasteiger partial charge in [0, 0.05) is 0 Å². The summed E-state index contributed by atoms with van der Waals surface area (Å²) < 4.78 is 11.6. The van der Waals surface area contributed by atoms with Crippen LogP contribution in [0.15, 0.2) is 21.0 Å². The van der Waals surface area contributed by atoms with Gasteiger partial charge in [-0.15, -0.1) is 5.10 Å². The average molecular weight is 298 g/mol. The van der Waals surface area contributed by atoms with Gasteiger partial charge in [0.25, 0.3) is 5.89 Å². The highest BCUT2D eigenvalue weighted by molar-refractivity contribution is 9.10. The number of hydrogen-bond donors (Lipinski definition) is 1. The van der Waals surface area contributed by atoms with Gasteiger partial charge in [-0.2, -0.15) is 0 Å². The van der Waals surface area contributed by atoms with Gasteiger partial charge in [-0.1, -0.05) is 11.2 Å². The van der Waals surface area contributed by atoms with Crippen LogP contribution in [-0.4, -0.2) is 10.2 Å². The van der Waals surface area contributed by atoms with E-state index in [1.54, 1.807) is 0 Å². The molecule has 0 saturated carbocycles. The van der Waals surface area contributed by atoms with E-state index in [4.69, 9.17) is 14.9 Å². The van der Waals surface area contributed by atoms with E-state index in [0.29, 0.717) is 5.89 Å². The van der Waals surface area contributed by atoms with E-state index in [2.05, 4.69) is 26.1 Å². The van der Waals surface area contributed by atoms with Gasteiger partial charge in [0.05, 0.1) is 4.47 Å². The van der Waals surface area contributed by atoms with Crippen LogP contribution in [0.4, 0.5) is 6.01 Å². The van der Waals surface area contributed by atoms with Crippen molar-refractivity contribution in [1.82, 2.24) is 10.2 Å². The first-order chi connectivity index (χ1) is 8.06. The van der Waals surface area contributed by atoms with E-state index in [1.165, 1.54) is 5.56 Å². The SMILES string of the molecule is Cc1cc(C)c(OCc2nnc(N)o2)c(Br)c1. The van der Waals surface area contributed by atoms with Crippen LogP contribution in [-0.2, 0) is 6.61 Å². The van der Waals surface area contributed by atoms with E-state index in [9.17, 15) is 0 Å². The quantitative estimate of drug-likeness (QED) is 0.942. The Hall–Kier alpha value is -1.56. The van der Waals surface area contributed by atoms with Gasteiger partial charge in [-0.25, -0.2) is 0 Å². The van der Waals surface area contributed by atoms with Crippen molar-refractivity contribution >= 4 is 21.9 Å². The van der Waals surface area contributed by atoms with E-state index in [0.717, 1.165) is 15.8 Å². The van der Waals surface area contributed by atoms with Crippen LogP contribution >= 0.6 is 15.9 Å². The lowest BCUT2D eigenvalue weighted by atomic mass is 10.1. The smallest absolute Gasteiger partial charge is 0.312 e. The van der Waals surface area contributed by atoms with Crippen LogP contribution in [0.1, 0.15) is 17.0 Å². The number of nitrogens with zero attached hydrogens (tertiary/aromatic N) is 2. The third-order valence-corrected chi connectivity index (χ3v) is 2.79. The number of rotatable bonds is 3. The zero-order valence-corrected chi connectivity index (χ0v) is 11.1. The van der Waals surface area contributed by atoms with Crippen molar-refractivity contribution in [3.05, 3.63) is 33.6 Å². The number of ether oxygens (including phenoxy) is 1. The molecule has 0 spiro atoms. The summed E-state index contributed by atoms with van der Waals surface area (Å²) in [5.41, 5.74) is 7.54. The maximum absolute atomic E-state index is 5.62. The molecule has 2 N–H and O–H groups in total. The van der Waals surface area contributed by atoms with E-state index >= 15 is 0 Å². The first-order valence-corrected chi connectivity index (χ1v) is 5.83. The van der Waals surface area contributed by atoms with E-state index in [1.807, 2.05) is 26.0 Å². The summed E-state index contributed by atoms with van der Waals surface area (Å²) >= 11 is 3.46. The summed E-state index contributed by atoms with van der Waals surface area (Å²) in [4.78, 5) is 0. The number of nitrogen functional groups attached to an aromatic ring is 1. The van der Waals surface area contributed by atoms with Crippen LogP contribution < -0.4 is 10.5 Å². The van der Waals surface area contributed by atoms with Gasteiger partial charge in [0.1, 0.15) is 5.75 Å². The zero-order chi connectivity index (χ0) is 12.4. The summed E-state index contributed by atoms with van der Waals surface area (Å²) in [5.74, 6) is 1.13. The molecule has 0 atom stereocenters. The fourth-order valence-corrected chi connectivity index (χ4v) is 2.33. The third-order valence-electron chi connectivity index (χ3n) is 2.20. The Morgan fingerprint density at radius 3 is 2.71 bits per heavy atom.